The summed E-state index contributed by atoms with van der Waals surface area (Å²) in [4.78, 5) is 15.7. The lowest BCUT2D eigenvalue weighted by atomic mass is 9.33. The average Bonchev–Trinajstić information content (AvgIpc) is 1.14. The molecule has 39 atom stereocenters. The van der Waals surface area contributed by atoms with Gasteiger partial charge in [-0.05, 0) is 104 Å². The fraction of sp³-hybridized carbons (Fsp3) is 0.956. The van der Waals surface area contributed by atoms with Crippen LogP contribution in [0, 0.1) is 50.2 Å². The Morgan fingerprint density at radius 3 is 1.63 bits per heavy atom. The first-order valence-corrected chi connectivity index (χ1v) is 36.0. The molecular formula is C68H110O35. The number of hydrogen-bond acceptors (Lipinski definition) is 35. The number of carbonyl (C=O) groups is 1. The van der Waals surface area contributed by atoms with E-state index in [4.69, 9.17) is 66.3 Å². The minimum Gasteiger partial charge on any atom is -0.432 e. The highest BCUT2D eigenvalue weighted by molar-refractivity contribution is 5.79. The van der Waals surface area contributed by atoms with E-state index in [9.17, 15) is 102 Å². The first-order chi connectivity index (χ1) is 48.4. The van der Waals surface area contributed by atoms with E-state index in [2.05, 4.69) is 40.7 Å². The van der Waals surface area contributed by atoms with Gasteiger partial charge in [0.25, 0.3) is 0 Å². The van der Waals surface area contributed by atoms with E-state index in [1.165, 1.54) is 6.92 Å². The molecule has 35 heteroatoms. The second-order valence-electron chi connectivity index (χ2n) is 33.2. The van der Waals surface area contributed by atoms with Gasteiger partial charge in [-0.25, -0.2) is 0 Å². The van der Waals surface area contributed by atoms with Crippen LogP contribution >= 0.6 is 0 Å². The van der Waals surface area contributed by atoms with Crippen molar-refractivity contribution in [2.45, 2.75) is 296 Å². The Morgan fingerprint density at radius 1 is 0.485 bits per heavy atom. The quantitative estimate of drug-likeness (QED) is 0.0325. The number of fused-ring (bicyclic) bond motifs is 7. The van der Waals surface area contributed by atoms with Crippen molar-refractivity contribution in [3.63, 3.8) is 0 Å². The van der Waals surface area contributed by atoms with E-state index in [-0.39, 0.29) is 23.7 Å². The number of rotatable bonds is 19. The molecule has 5 aliphatic carbocycles. The summed E-state index contributed by atoms with van der Waals surface area (Å²) in [5.74, 6) is -1.57. The number of carbonyl (C=O) groups excluding carboxylic acids is 1. The molecule has 35 nitrogen and oxygen atoms in total. The van der Waals surface area contributed by atoms with Crippen LogP contribution in [0.5, 0.6) is 0 Å². The van der Waals surface area contributed by atoms with Crippen molar-refractivity contribution >= 4 is 5.97 Å². The van der Waals surface area contributed by atoms with Crippen LogP contribution < -0.4 is 0 Å². The molecule has 103 heavy (non-hydrogen) atoms. The Kier molecular flexibility index (Phi) is 23.3. The van der Waals surface area contributed by atoms with Gasteiger partial charge in [-0.2, -0.15) is 0 Å². The zero-order valence-electron chi connectivity index (χ0n) is 58.8. The fourth-order valence-electron chi connectivity index (χ4n) is 20.0. The Bertz CT molecular complexity index is 2960. The number of allylic oxidation sites excluding steroid dienone is 2. The maximum atomic E-state index is 15.7. The second kappa shape index (κ2) is 29.9. The summed E-state index contributed by atoms with van der Waals surface area (Å²) in [6, 6.07) is 0. The van der Waals surface area contributed by atoms with Crippen molar-refractivity contribution < 1.29 is 173 Å². The summed E-state index contributed by atoms with van der Waals surface area (Å²) < 4.78 is 83.7. The van der Waals surface area contributed by atoms with Gasteiger partial charge in [-0.15, -0.1) is 0 Å². The minimum atomic E-state index is -2.24. The molecule has 0 unspecified atom stereocenters. The Hall–Kier alpha value is -2.11. The lowest BCUT2D eigenvalue weighted by Crippen LogP contribution is -2.70. The van der Waals surface area contributed by atoms with Crippen molar-refractivity contribution in [2.75, 3.05) is 59.5 Å². The van der Waals surface area contributed by atoms with Crippen molar-refractivity contribution in [2.24, 2.45) is 50.2 Å². The van der Waals surface area contributed by atoms with E-state index >= 15 is 4.79 Å². The maximum absolute atomic E-state index is 15.7. The van der Waals surface area contributed by atoms with Crippen LogP contribution in [0.4, 0.5) is 0 Å². The first-order valence-electron chi connectivity index (χ1n) is 36.0. The molecule has 0 spiro atoms. The van der Waals surface area contributed by atoms with Crippen molar-refractivity contribution in [1.29, 1.82) is 0 Å². The highest BCUT2D eigenvalue weighted by Crippen LogP contribution is 2.76. The number of aliphatic hydroxyl groups excluding tert-OH is 18. The van der Waals surface area contributed by atoms with Gasteiger partial charge in [0.15, 0.2) is 43.8 Å². The molecule has 0 aromatic carbocycles. The summed E-state index contributed by atoms with van der Waals surface area (Å²) in [6.45, 7) is 7.80. The smallest absolute Gasteiger partial charge is 0.315 e. The normalized spacial score (nSPS) is 55.0. The Balaban J connectivity index is 0.770. The van der Waals surface area contributed by atoms with Gasteiger partial charge in [-0.3, -0.25) is 4.79 Å². The standard InChI is InChI=1S/C68H110O35/c1-27-45(97-53-42(82)46(32(76)21-90-53)98-58-50(85)67(88,23-72)25-92-58)48(100-59-51(86)68(89,24-73)26-93-59)44(84)55(94-27)101-49-37(77)31(75)20-91-57(49)103-60(87)66-14-12-61(2,3)16-29(66)28-8-9-36-62(4)17-30(74)52(63(5,22-71)35(62)10-11-65(36,7)64(28,6)13-15-66)102-56-43(83)47(39(79)34(19-70)96-56)99-54-41(81)40(80)38(78)33(18-69)95-54/h8,27,29-59,69-86,88-89H,9-26H2,1-7H3/t27-,29-,30-,31-,32+,33+,34+,35-,36-,37-,38+,39+,40-,41+,42+,43+,44+,45-,46-,47-,48-,49+,50-,51-,52-,53-,54-,55-,56-,57-,58-,59-,62-,63-,64+,65+,66-,67+,68+/m0/s1. The van der Waals surface area contributed by atoms with Crippen LogP contribution in [0.1, 0.15) is 106 Å². The molecule has 0 aromatic rings. The Labute approximate surface area is 594 Å². The molecule has 20 N–H and O–H groups in total. The first kappa shape index (κ1) is 80.4. The minimum absolute atomic E-state index is 0.140. The van der Waals surface area contributed by atoms with Gasteiger partial charge in [0.1, 0.15) is 121 Å². The molecule has 0 aromatic heterocycles. The van der Waals surface area contributed by atoms with Gasteiger partial charge in [-0.1, -0.05) is 53.2 Å². The van der Waals surface area contributed by atoms with Crippen LogP contribution in [0.25, 0.3) is 0 Å². The van der Waals surface area contributed by atoms with E-state index in [1.807, 2.05) is 0 Å². The number of hydrogen-bond donors (Lipinski definition) is 20. The van der Waals surface area contributed by atoms with E-state index < -0.39 is 288 Å². The lowest BCUT2D eigenvalue weighted by molar-refractivity contribution is -0.383. The van der Waals surface area contributed by atoms with E-state index in [0.717, 1.165) is 5.57 Å². The molecule has 0 amide bonds. The molecule has 4 saturated carbocycles. The summed E-state index contributed by atoms with van der Waals surface area (Å²) in [7, 11) is 0. The molecule has 7 heterocycles. The van der Waals surface area contributed by atoms with Crippen LogP contribution in [0.2, 0.25) is 0 Å². The lowest BCUT2D eigenvalue weighted by Gasteiger charge is -2.72. The molecule has 12 aliphatic rings. The zero-order chi connectivity index (χ0) is 75.0. The van der Waals surface area contributed by atoms with E-state index in [0.29, 0.717) is 51.4 Å². The molecule has 0 radical (unpaired) electrons. The predicted octanol–water partition coefficient (Wildman–Crippen LogP) is -7.03. The topological polar surface area (TPSA) is 551 Å². The molecular weight excluding hydrogens is 1380 g/mol. The third kappa shape index (κ3) is 13.6. The molecule has 0 bridgehead atoms. The van der Waals surface area contributed by atoms with Gasteiger partial charge in [0, 0.05) is 5.41 Å². The molecule has 11 fully saturated rings. The summed E-state index contributed by atoms with van der Waals surface area (Å²) in [5.41, 5.74) is -7.80. The third-order valence-corrected chi connectivity index (χ3v) is 26.5. The van der Waals surface area contributed by atoms with Crippen LogP contribution in [-0.4, -0.2) is 357 Å². The number of esters is 1. The molecule has 7 aliphatic heterocycles. The van der Waals surface area contributed by atoms with Crippen LogP contribution in [0.15, 0.2) is 11.6 Å². The highest BCUT2D eigenvalue weighted by atomic mass is 16.8. The average molecular weight is 1490 g/mol. The van der Waals surface area contributed by atoms with Crippen molar-refractivity contribution in [1.82, 2.24) is 0 Å². The van der Waals surface area contributed by atoms with Gasteiger partial charge in [0.05, 0.1) is 83.2 Å². The predicted molar refractivity (Wildman–Crippen MR) is 338 cm³/mol. The number of ether oxygens (including phenoxy) is 14. The van der Waals surface area contributed by atoms with Crippen LogP contribution in [-0.2, 0) is 71.1 Å². The monoisotopic (exact) mass is 1490 g/mol. The van der Waals surface area contributed by atoms with Crippen LogP contribution in [0.3, 0.4) is 0 Å². The third-order valence-electron chi connectivity index (χ3n) is 26.5. The summed E-state index contributed by atoms with van der Waals surface area (Å²) in [5, 5.41) is 221. The molecule has 12 rings (SSSR count). The highest BCUT2D eigenvalue weighted by Gasteiger charge is 2.72. The molecule has 592 valence electrons. The van der Waals surface area contributed by atoms with Gasteiger partial charge < -0.3 is 168 Å². The Morgan fingerprint density at radius 2 is 1.02 bits per heavy atom. The van der Waals surface area contributed by atoms with E-state index in [1.54, 1.807) is 6.92 Å². The van der Waals surface area contributed by atoms with Crippen molar-refractivity contribution in [3.8, 4) is 0 Å². The largest absolute Gasteiger partial charge is 0.432 e. The van der Waals surface area contributed by atoms with Crippen molar-refractivity contribution in [3.05, 3.63) is 11.6 Å². The summed E-state index contributed by atoms with van der Waals surface area (Å²) in [6.07, 6.45) is -43.4. The maximum Gasteiger partial charge on any atom is 0.315 e. The summed E-state index contributed by atoms with van der Waals surface area (Å²) >= 11 is 0. The number of aliphatic hydroxyl groups is 20. The fourth-order valence-corrected chi connectivity index (χ4v) is 20.0. The second-order valence-corrected chi connectivity index (χ2v) is 33.2. The zero-order valence-corrected chi connectivity index (χ0v) is 58.8. The SMILES string of the molecule is C[C@@H]1O[C@@H](O[C@H]2[C@H](OC(=O)[C@]34CCC(C)(C)C[C@H]3C3=CC[C@H]5[C@@]6(C)C[C@H](O)[C@H](O[C@@H]7O[C@H](CO)[C@@H](O)[C@H](O[C@@H]8O[C@H](CO)[C@@H](O)[C@H](O)[C@H]8O)[C@H]7O)[C@@](C)(CO)[C@H]6CC[C@@]5(C)[C@]3(C)CC4)OC[C@H](O)[C@@H]2O)[C@H](O)[C@H](O[C@@H]2OC[C@](O)(CO)[C@H]2O)[C@H]1O[C@@H]1OC[C@@H](O)[C@H](O[C@@H]2OC[C@](O)(CO)[C@H]2O)[C@H]1O. The van der Waals surface area contributed by atoms with Gasteiger partial charge in [0.2, 0.25) is 6.29 Å². The molecule has 7 saturated heterocycles. The van der Waals surface area contributed by atoms with Gasteiger partial charge >= 0.3 is 5.97 Å².